The predicted molar refractivity (Wildman–Crippen MR) is 142 cm³/mol. The van der Waals surface area contributed by atoms with Crippen molar-refractivity contribution in [3.8, 4) is 0 Å². The number of nitrogens with one attached hydrogen (secondary N) is 1. The fourth-order valence-electron chi connectivity index (χ4n) is 4.22. The lowest BCUT2D eigenvalue weighted by molar-refractivity contribution is -0.144. The molecule has 2 amide bonds. The molecule has 3 rings (SSSR count). The predicted octanol–water partition coefficient (Wildman–Crippen LogP) is 3.77. The molecular weight excluding hydrogens is 480 g/mol. The van der Waals surface area contributed by atoms with Crippen LogP contribution < -0.4 is 11.1 Å². The number of rotatable bonds is 13. The molecule has 36 heavy (non-hydrogen) atoms. The van der Waals surface area contributed by atoms with Crippen LogP contribution in [0.15, 0.2) is 42.5 Å². The molecule has 0 unspecified atom stereocenters. The minimum absolute atomic E-state index is 0. The standard InChI is InChI=1S/C27H36N4O4.ClH/c1-3-19-9-5-6-12-22(19)23(17-27(34)35-4-2)30-25(32)18-31(21-15-16-21)26(33)14-8-11-20-10-7-13-24(28)29-20;/h5-7,9-10,12-13,21,23H,3-4,8,11,14-18H2,1-2H3,(H2,28,29)(H,30,32);1H/t23-;/m1./s1. The number of carbonyl (C=O) groups is 3. The molecule has 1 fully saturated rings. The van der Waals surface area contributed by atoms with Crippen LogP contribution in [0.25, 0.3) is 0 Å². The number of ether oxygens (including phenoxy) is 1. The van der Waals surface area contributed by atoms with Gasteiger partial charge in [0.25, 0.3) is 0 Å². The number of hydrogen-bond donors (Lipinski definition) is 2. The molecule has 1 aliphatic carbocycles. The van der Waals surface area contributed by atoms with Crippen LogP contribution in [0.3, 0.4) is 0 Å². The zero-order chi connectivity index (χ0) is 25.2. The first kappa shape index (κ1) is 29.1. The summed E-state index contributed by atoms with van der Waals surface area (Å²) >= 11 is 0. The van der Waals surface area contributed by atoms with Crippen molar-refractivity contribution >= 4 is 36.0 Å². The molecule has 8 nitrogen and oxygen atoms in total. The SMILES string of the molecule is CCOC(=O)C[C@@H](NC(=O)CN(C(=O)CCCc1cccc(N)n1)C1CC1)c1ccccc1CC.Cl. The summed E-state index contributed by atoms with van der Waals surface area (Å²) in [5, 5.41) is 3.00. The Kier molecular flexibility index (Phi) is 11.7. The van der Waals surface area contributed by atoms with E-state index in [0.29, 0.717) is 25.1 Å². The number of pyridine rings is 1. The minimum Gasteiger partial charge on any atom is -0.466 e. The van der Waals surface area contributed by atoms with Crippen LogP contribution in [0.2, 0.25) is 0 Å². The molecule has 0 bridgehead atoms. The van der Waals surface area contributed by atoms with Gasteiger partial charge in [0.1, 0.15) is 5.82 Å². The van der Waals surface area contributed by atoms with E-state index in [4.69, 9.17) is 10.5 Å². The molecule has 0 radical (unpaired) electrons. The summed E-state index contributed by atoms with van der Waals surface area (Å²) in [6.45, 7) is 4.06. The average Bonchev–Trinajstić information content (AvgIpc) is 3.67. The number of nitrogen functional groups attached to an aromatic ring is 1. The number of aryl methyl sites for hydroxylation is 2. The summed E-state index contributed by atoms with van der Waals surface area (Å²) < 4.78 is 5.14. The van der Waals surface area contributed by atoms with Crippen molar-refractivity contribution in [2.45, 2.75) is 70.9 Å². The third-order valence-electron chi connectivity index (χ3n) is 6.10. The fourth-order valence-corrected chi connectivity index (χ4v) is 4.22. The van der Waals surface area contributed by atoms with Gasteiger partial charge in [-0.05, 0) is 62.3 Å². The van der Waals surface area contributed by atoms with E-state index in [2.05, 4.69) is 10.3 Å². The summed E-state index contributed by atoms with van der Waals surface area (Å²) in [6, 6.07) is 12.8. The molecule has 1 heterocycles. The molecule has 0 aliphatic heterocycles. The Balaban J connectivity index is 0.00000456. The van der Waals surface area contributed by atoms with Crippen molar-refractivity contribution < 1.29 is 19.1 Å². The third-order valence-corrected chi connectivity index (χ3v) is 6.10. The van der Waals surface area contributed by atoms with Crippen LogP contribution >= 0.6 is 12.4 Å². The van der Waals surface area contributed by atoms with Gasteiger partial charge in [0.15, 0.2) is 0 Å². The second-order valence-corrected chi connectivity index (χ2v) is 8.84. The normalized spacial score (nSPS) is 13.3. The Morgan fingerprint density at radius 2 is 1.89 bits per heavy atom. The highest BCUT2D eigenvalue weighted by atomic mass is 35.5. The Bertz CT molecular complexity index is 1030. The summed E-state index contributed by atoms with van der Waals surface area (Å²) in [4.78, 5) is 44.2. The second-order valence-electron chi connectivity index (χ2n) is 8.84. The maximum atomic E-state index is 13.1. The number of esters is 1. The number of hydrogen-bond acceptors (Lipinski definition) is 6. The number of halogens is 1. The molecule has 2 aromatic rings. The van der Waals surface area contributed by atoms with Gasteiger partial charge in [-0.25, -0.2) is 4.98 Å². The molecule has 1 aliphatic rings. The Morgan fingerprint density at radius 1 is 1.14 bits per heavy atom. The second kappa shape index (κ2) is 14.4. The first-order valence-electron chi connectivity index (χ1n) is 12.4. The highest BCUT2D eigenvalue weighted by Gasteiger charge is 2.34. The van der Waals surface area contributed by atoms with Gasteiger partial charge in [-0.15, -0.1) is 12.4 Å². The molecular formula is C27H37ClN4O4. The number of amides is 2. The maximum Gasteiger partial charge on any atom is 0.308 e. The average molecular weight is 517 g/mol. The maximum absolute atomic E-state index is 13.1. The largest absolute Gasteiger partial charge is 0.466 e. The van der Waals surface area contributed by atoms with E-state index in [1.807, 2.05) is 43.3 Å². The Morgan fingerprint density at radius 3 is 2.56 bits per heavy atom. The topological polar surface area (TPSA) is 115 Å². The first-order chi connectivity index (χ1) is 16.9. The van der Waals surface area contributed by atoms with Crippen molar-refractivity contribution in [3.63, 3.8) is 0 Å². The molecule has 1 aromatic heterocycles. The molecule has 196 valence electrons. The van der Waals surface area contributed by atoms with Gasteiger partial charge in [0.2, 0.25) is 11.8 Å². The summed E-state index contributed by atoms with van der Waals surface area (Å²) in [5.74, 6) is -0.216. The zero-order valence-electron chi connectivity index (χ0n) is 21.1. The number of nitrogens with zero attached hydrogens (tertiary/aromatic N) is 2. The first-order valence-corrected chi connectivity index (χ1v) is 12.4. The fraction of sp³-hybridized carbons (Fsp3) is 0.481. The van der Waals surface area contributed by atoms with Crippen molar-refractivity contribution in [1.82, 2.24) is 15.2 Å². The summed E-state index contributed by atoms with van der Waals surface area (Å²) in [5.41, 5.74) is 8.54. The van der Waals surface area contributed by atoms with E-state index in [1.54, 1.807) is 17.9 Å². The lowest BCUT2D eigenvalue weighted by Gasteiger charge is -2.25. The van der Waals surface area contributed by atoms with Gasteiger partial charge in [-0.3, -0.25) is 14.4 Å². The highest BCUT2D eigenvalue weighted by Crippen LogP contribution is 2.28. The number of nitrogens with two attached hydrogens (primary N) is 1. The smallest absolute Gasteiger partial charge is 0.308 e. The van der Waals surface area contributed by atoms with E-state index in [0.717, 1.165) is 36.1 Å². The van der Waals surface area contributed by atoms with Gasteiger partial charge in [0, 0.05) is 18.2 Å². The van der Waals surface area contributed by atoms with Crippen LogP contribution in [-0.4, -0.2) is 46.9 Å². The Hall–Kier alpha value is -3.13. The van der Waals surface area contributed by atoms with E-state index in [9.17, 15) is 14.4 Å². The lowest BCUT2D eigenvalue weighted by atomic mass is 9.96. The van der Waals surface area contributed by atoms with Crippen molar-refractivity contribution in [2.75, 3.05) is 18.9 Å². The van der Waals surface area contributed by atoms with E-state index >= 15 is 0 Å². The molecule has 0 saturated heterocycles. The molecule has 0 spiro atoms. The number of anilines is 1. The highest BCUT2D eigenvalue weighted by molar-refractivity contribution is 5.86. The van der Waals surface area contributed by atoms with Crippen LogP contribution in [-0.2, 0) is 32.0 Å². The van der Waals surface area contributed by atoms with Crippen LogP contribution in [0.1, 0.15) is 68.8 Å². The van der Waals surface area contributed by atoms with Gasteiger partial charge in [-0.1, -0.05) is 37.3 Å². The van der Waals surface area contributed by atoms with Crippen LogP contribution in [0.4, 0.5) is 5.82 Å². The number of aromatic nitrogens is 1. The quantitative estimate of drug-likeness (QED) is 0.392. The molecule has 1 aromatic carbocycles. The van der Waals surface area contributed by atoms with Gasteiger partial charge in [-0.2, -0.15) is 0 Å². The van der Waals surface area contributed by atoms with Crippen LogP contribution in [0, 0.1) is 0 Å². The van der Waals surface area contributed by atoms with Crippen molar-refractivity contribution in [1.29, 1.82) is 0 Å². The minimum atomic E-state index is -0.511. The van der Waals surface area contributed by atoms with Crippen molar-refractivity contribution in [2.24, 2.45) is 0 Å². The number of carbonyl (C=O) groups excluding carboxylic acids is 3. The van der Waals surface area contributed by atoms with E-state index in [-0.39, 0.29) is 55.8 Å². The third kappa shape index (κ3) is 8.82. The van der Waals surface area contributed by atoms with E-state index in [1.165, 1.54) is 0 Å². The number of benzene rings is 1. The van der Waals surface area contributed by atoms with E-state index < -0.39 is 6.04 Å². The molecule has 1 atom stereocenters. The van der Waals surface area contributed by atoms with Crippen LogP contribution in [0.5, 0.6) is 0 Å². The van der Waals surface area contributed by atoms with Gasteiger partial charge < -0.3 is 20.7 Å². The monoisotopic (exact) mass is 516 g/mol. The summed E-state index contributed by atoms with van der Waals surface area (Å²) in [6.07, 6.45) is 4.25. The molecule has 3 N–H and O–H groups in total. The lowest BCUT2D eigenvalue weighted by Crippen LogP contribution is -2.43. The van der Waals surface area contributed by atoms with Gasteiger partial charge >= 0.3 is 5.97 Å². The summed E-state index contributed by atoms with van der Waals surface area (Å²) in [7, 11) is 0. The zero-order valence-corrected chi connectivity index (χ0v) is 21.9. The Labute approximate surface area is 219 Å². The van der Waals surface area contributed by atoms with Gasteiger partial charge in [0.05, 0.1) is 25.6 Å². The molecule has 1 saturated carbocycles. The van der Waals surface area contributed by atoms with Crippen molar-refractivity contribution in [3.05, 3.63) is 59.3 Å². The molecule has 9 heteroatoms.